The summed E-state index contributed by atoms with van der Waals surface area (Å²) in [4.78, 5) is 12.6. The van der Waals surface area contributed by atoms with Gasteiger partial charge < -0.3 is 10.0 Å². The van der Waals surface area contributed by atoms with E-state index in [4.69, 9.17) is 5.11 Å². The fraction of sp³-hybridized carbons (Fsp3) is 0.700. The molecule has 1 fully saturated rings. The molecule has 2 unspecified atom stereocenters. The number of hydrogen-bond acceptors (Lipinski definition) is 5. The van der Waals surface area contributed by atoms with Gasteiger partial charge in [0.15, 0.2) is 0 Å². The largest absolute Gasteiger partial charge is 0.480 e. The molecule has 5 nitrogen and oxygen atoms in total. The minimum Gasteiger partial charge on any atom is -0.480 e. The Morgan fingerprint density at radius 1 is 1.47 bits per heavy atom. The molecule has 1 aromatic heterocycles. The van der Waals surface area contributed by atoms with Crippen molar-refractivity contribution in [1.82, 2.24) is 10.2 Å². The van der Waals surface area contributed by atoms with E-state index < -0.39 is 23.2 Å². The third kappa shape index (κ3) is 2.96. The first-order valence-electron chi connectivity index (χ1n) is 5.69. The summed E-state index contributed by atoms with van der Waals surface area (Å²) in [6.45, 7) is 2.30. The topological polar surface area (TPSA) is 66.3 Å². The van der Waals surface area contributed by atoms with Crippen molar-refractivity contribution in [2.75, 3.05) is 11.4 Å². The van der Waals surface area contributed by atoms with E-state index in [1.807, 2.05) is 6.92 Å². The number of carboxylic acid groups (broad SMARTS) is 1. The highest BCUT2D eigenvalue weighted by Gasteiger charge is 2.39. The van der Waals surface area contributed by atoms with E-state index in [0.717, 1.165) is 6.42 Å². The van der Waals surface area contributed by atoms with Crippen LogP contribution in [-0.2, 0) is 11.0 Å². The third-order valence-corrected chi connectivity index (χ3v) is 4.06. The third-order valence-electron chi connectivity index (χ3n) is 3.05. The lowest BCUT2D eigenvalue weighted by atomic mass is 9.93. The number of piperidine rings is 1. The fourth-order valence-corrected chi connectivity index (χ4v) is 2.84. The number of anilines is 1. The SMILES string of the molecule is CC1CCN(c2nnc(C(F)(F)F)s2)C(C(=O)O)C1. The molecule has 1 aliphatic heterocycles. The monoisotopic (exact) mass is 295 g/mol. The van der Waals surface area contributed by atoms with Crippen LogP contribution in [0, 0.1) is 5.92 Å². The second-order valence-corrected chi connectivity index (χ2v) is 5.52. The lowest BCUT2D eigenvalue weighted by Crippen LogP contribution is -2.47. The molecule has 0 bridgehead atoms. The Morgan fingerprint density at radius 3 is 2.68 bits per heavy atom. The van der Waals surface area contributed by atoms with Gasteiger partial charge in [-0.15, -0.1) is 10.2 Å². The summed E-state index contributed by atoms with van der Waals surface area (Å²) >= 11 is 0.384. The first-order valence-corrected chi connectivity index (χ1v) is 6.51. The van der Waals surface area contributed by atoms with Gasteiger partial charge in [0.1, 0.15) is 6.04 Å². The molecule has 0 radical (unpaired) electrons. The molecule has 2 rings (SSSR count). The minimum atomic E-state index is -4.54. The van der Waals surface area contributed by atoms with Crippen LogP contribution in [0.15, 0.2) is 0 Å². The van der Waals surface area contributed by atoms with E-state index in [9.17, 15) is 18.0 Å². The maximum absolute atomic E-state index is 12.5. The number of carbonyl (C=O) groups is 1. The van der Waals surface area contributed by atoms with Crippen molar-refractivity contribution in [2.24, 2.45) is 5.92 Å². The van der Waals surface area contributed by atoms with Gasteiger partial charge in [0.25, 0.3) is 0 Å². The fourth-order valence-electron chi connectivity index (χ4n) is 2.05. The highest BCUT2D eigenvalue weighted by molar-refractivity contribution is 7.15. The molecule has 1 aliphatic rings. The summed E-state index contributed by atoms with van der Waals surface area (Å²) in [5, 5.41) is 14.7. The van der Waals surface area contributed by atoms with Crippen LogP contribution < -0.4 is 4.90 Å². The number of aromatic nitrogens is 2. The molecule has 0 saturated carbocycles. The summed E-state index contributed by atoms with van der Waals surface area (Å²) in [5.74, 6) is -0.817. The summed E-state index contributed by atoms with van der Waals surface area (Å²) in [6.07, 6.45) is -3.42. The molecule has 0 amide bonds. The molecule has 9 heteroatoms. The predicted octanol–water partition coefficient (Wildman–Crippen LogP) is 2.25. The lowest BCUT2D eigenvalue weighted by Gasteiger charge is -2.35. The summed E-state index contributed by atoms with van der Waals surface area (Å²) in [5.41, 5.74) is 0. The van der Waals surface area contributed by atoms with Crippen molar-refractivity contribution in [1.29, 1.82) is 0 Å². The smallest absolute Gasteiger partial charge is 0.445 e. The van der Waals surface area contributed by atoms with E-state index in [0.29, 0.717) is 24.3 Å². The number of alkyl halides is 3. The van der Waals surface area contributed by atoms with Crippen LogP contribution in [0.4, 0.5) is 18.3 Å². The summed E-state index contributed by atoms with van der Waals surface area (Å²) in [7, 11) is 0. The van der Waals surface area contributed by atoms with E-state index in [2.05, 4.69) is 10.2 Å². The van der Waals surface area contributed by atoms with Gasteiger partial charge in [0, 0.05) is 6.54 Å². The molecule has 1 N–H and O–H groups in total. The maximum atomic E-state index is 12.5. The van der Waals surface area contributed by atoms with Crippen molar-refractivity contribution in [3.8, 4) is 0 Å². The van der Waals surface area contributed by atoms with Gasteiger partial charge in [-0.25, -0.2) is 4.79 Å². The second-order valence-electron chi connectivity index (χ2n) is 4.56. The Morgan fingerprint density at radius 2 is 2.16 bits per heavy atom. The molecule has 2 atom stereocenters. The second kappa shape index (κ2) is 4.95. The standard InChI is InChI=1S/C10H12F3N3O2S/c1-5-2-3-16(6(4-5)7(17)18)9-15-14-8(19-9)10(11,12)13/h5-6H,2-4H2,1H3,(H,17,18). The Labute approximate surface area is 111 Å². The van der Waals surface area contributed by atoms with Gasteiger partial charge in [-0.3, -0.25) is 0 Å². The van der Waals surface area contributed by atoms with Crippen LogP contribution in [0.25, 0.3) is 0 Å². The van der Waals surface area contributed by atoms with Crippen LogP contribution in [0.3, 0.4) is 0 Å². The highest BCUT2D eigenvalue weighted by atomic mass is 32.1. The van der Waals surface area contributed by atoms with E-state index in [1.54, 1.807) is 0 Å². The molecule has 2 heterocycles. The molecule has 0 aromatic carbocycles. The van der Waals surface area contributed by atoms with Crippen LogP contribution >= 0.6 is 11.3 Å². The summed E-state index contributed by atoms with van der Waals surface area (Å²) in [6, 6.07) is -0.835. The molecule has 106 valence electrons. The average molecular weight is 295 g/mol. The Bertz CT molecular complexity index is 477. The molecular weight excluding hydrogens is 283 g/mol. The quantitative estimate of drug-likeness (QED) is 0.906. The zero-order chi connectivity index (χ0) is 14.2. The van der Waals surface area contributed by atoms with Crippen LogP contribution in [0.2, 0.25) is 0 Å². The van der Waals surface area contributed by atoms with Crippen molar-refractivity contribution in [2.45, 2.75) is 32.0 Å². The van der Waals surface area contributed by atoms with Crippen LogP contribution in [0.5, 0.6) is 0 Å². The van der Waals surface area contributed by atoms with Crippen LogP contribution in [-0.4, -0.2) is 33.9 Å². The zero-order valence-electron chi connectivity index (χ0n) is 10.0. The van der Waals surface area contributed by atoms with Gasteiger partial charge in [-0.05, 0) is 18.8 Å². The van der Waals surface area contributed by atoms with Crippen molar-refractivity contribution >= 4 is 22.4 Å². The summed E-state index contributed by atoms with van der Waals surface area (Å²) < 4.78 is 37.4. The number of rotatable bonds is 2. The van der Waals surface area contributed by atoms with Gasteiger partial charge in [0.05, 0.1) is 0 Å². The predicted molar refractivity (Wildman–Crippen MR) is 62.1 cm³/mol. The Kier molecular flexibility index (Phi) is 3.66. The molecule has 1 saturated heterocycles. The molecule has 0 aliphatic carbocycles. The number of halogens is 3. The van der Waals surface area contributed by atoms with Crippen molar-refractivity contribution in [3.05, 3.63) is 5.01 Å². The number of aliphatic carboxylic acids is 1. The van der Waals surface area contributed by atoms with E-state index >= 15 is 0 Å². The zero-order valence-corrected chi connectivity index (χ0v) is 10.8. The molecule has 1 aromatic rings. The maximum Gasteiger partial charge on any atom is 0.445 e. The normalized spacial score (nSPS) is 24.5. The Balaban J connectivity index is 2.24. The molecule has 19 heavy (non-hydrogen) atoms. The van der Waals surface area contributed by atoms with E-state index in [1.165, 1.54) is 4.90 Å². The van der Waals surface area contributed by atoms with Crippen LogP contribution in [0.1, 0.15) is 24.8 Å². The number of nitrogens with zero attached hydrogens (tertiary/aromatic N) is 3. The molecular formula is C10H12F3N3O2S. The lowest BCUT2D eigenvalue weighted by molar-refractivity contribution is -0.139. The van der Waals surface area contributed by atoms with E-state index in [-0.39, 0.29) is 11.0 Å². The van der Waals surface area contributed by atoms with Crippen molar-refractivity contribution < 1.29 is 23.1 Å². The van der Waals surface area contributed by atoms with Gasteiger partial charge in [0.2, 0.25) is 10.1 Å². The average Bonchev–Trinajstić information content (AvgIpc) is 2.77. The Hall–Kier alpha value is -1.38. The first-order chi connectivity index (χ1) is 8.79. The number of carboxylic acids is 1. The highest BCUT2D eigenvalue weighted by Crippen LogP contribution is 2.36. The van der Waals surface area contributed by atoms with Gasteiger partial charge in [-0.1, -0.05) is 18.3 Å². The first kappa shape index (κ1) is 14.0. The van der Waals surface area contributed by atoms with Crippen molar-refractivity contribution in [3.63, 3.8) is 0 Å². The molecule has 0 spiro atoms. The minimum absolute atomic E-state index is 0.0200. The van der Waals surface area contributed by atoms with Gasteiger partial charge in [-0.2, -0.15) is 13.2 Å². The van der Waals surface area contributed by atoms with Gasteiger partial charge >= 0.3 is 12.1 Å². The number of hydrogen-bond donors (Lipinski definition) is 1.